The average Bonchev–Trinajstić information content (AvgIpc) is 2.14. The second-order valence-corrected chi connectivity index (χ2v) is 4.17. The van der Waals surface area contributed by atoms with Gasteiger partial charge in [0.25, 0.3) is 0 Å². The molecule has 0 spiro atoms. The maximum absolute atomic E-state index is 2.30. The summed E-state index contributed by atoms with van der Waals surface area (Å²) >= 11 is 0. The fourth-order valence-corrected chi connectivity index (χ4v) is 2.14. The van der Waals surface area contributed by atoms with Gasteiger partial charge >= 0.3 is 0 Å². The molecule has 0 saturated carbocycles. The number of hydrogen-bond donors (Lipinski definition) is 0. The van der Waals surface area contributed by atoms with Gasteiger partial charge in [-0.1, -0.05) is 0 Å². The van der Waals surface area contributed by atoms with Gasteiger partial charge < -0.3 is 24.0 Å². The third kappa shape index (κ3) is 2.40. The van der Waals surface area contributed by atoms with Crippen LogP contribution in [0.2, 0.25) is 0 Å². The van der Waals surface area contributed by atoms with Crippen molar-refractivity contribution in [3.8, 4) is 0 Å². The zero-order valence-electron chi connectivity index (χ0n) is 5.06. The average molecular weight is 242 g/mol. The highest BCUT2D eigenvalue weighted by atomic mass is 127. The quantitative estimate of drug-likeness (QED) is 0.289. The topological polar surface area (TPSA) is 0 Å². The first-order chi connectivity index (χ1) is 3.43. The summed E-state index contributed by atoms with van der Waals surface area (Å²) in [5, 5.41) is 0. The lowest BCUT2D eigenvalue weighted by molar-refractivity contribution is -0.00000149. The van der Waals surface area contributed by atoms with E-state index in [1.807, 2.05) is 0 Å². The molecule has 8 heavy (non-hydrogen) atoms. The van der Waals surface area contributed by atoms with E-state index in [2.05, 4.69) is 19.1 Å². The van der Waals surface area contributed by atoms with Crippen LogP contribution in [0.1, 0.15) is 6.92 Å². The summed E-state index contributed by atoms with van der Waals surface area (Å²) < 4.78 is 0. The molecule has 1 heterocycles. The summed E-state index contributed by atoms with van der Waals surface area (Å²) in [5.41, 5.74) is 0. The highest BCUT2D eigenvalue weighted by Crippen LogP contribution is 2.04. The molecule has 0 amide bonds. The Morgan fingerprint density at radius 1 is 1.38 bits per heavy atom. The monoisotopic (exact) mass is 242 g/mol. The molecule has 0 nitrogen and oxygen atoms in total. The van der Waals surface area contributed by atoms with Gasteiger partial charge in [0.1, 0.15) is 17.3 Å². The second-order valence-electron chi connectivity index (χ2n) is 1.71. The molecule has 0 bridgehead atoms. The maximum Gasteiger partial charge on any atom is 0.126 e. The molecule has 1 rings (SSSR count). The number of rotatable bonds is 1. The highest BCUT2D eigenvalue weighted by molar-refractivity contribution is 7.97. The standard InChI is InChI=1S/C6H11S.HI/c1-2-7-5-3-4-6-7;/h3-4H,2,5-6H2,1H3;1H/q+1;/p-1. The molecule has 1 aliphatic rings. The van der Waals surface area contributed by atoms with Crippen LogP contribution in [0.3, 0.4) is 0 Å². The highest BCUT2D eigenvalue weighted by Gasteiger charge is 2.14. The van der Waals surface area contributed by atoms with Crippen LogP contribution in [-0.4, -0.2) is 17.3 Å². The molecule has 0 unspecified atom stereocenters. The van der Waals surface area contributed by atoms with Crippen molar-refractivity contribution in [3.05, 3.63) is 12.2 Å². The van der Waals surface area contributed by atoms with E-state index >= 15 is 0 Å². The fraction of sp³-hybridized carbons (Fsp3) is 0.667. The molecule has 0 saturated heterocycles. The molecule has 48 valence electrons. The van der Waals surface area contributed by atoms with Gasteiger partial charge in [0, 0.05) is 0 Å². The van der Waals surface area contributed by atoms with E-state index in [0.29, 0.717) is 0 Å². The van der Waals surface area contributed by atoms with Crippen molar-refractivity contribution in [3.63, 3.8) is 0 Å². The van der Waals surface area contributed by atoms with E-state index in [9.17, 15) is 0 Å². The Morgan fingerprint density at radius 2 is 1.88 bits per heavy atom. The Morgan fingerprint density at radius 3 is 2.12 bits per heavy atom. The SMILES string of the molecule is CC[S+]1CC=CC1.[I-]. The smallest absolute Gasteiger partial charge is 0.126 e. The van der Waals surface area contributed by atoms with Gasteiger partial charge in [0.15, 0.2) is 0 Å². The molecule has 0 radical (unpaired) electrons. The van der Waals surface area contributed by atoms with Gasteiger partial charge in [0.05, 0.1) is 0 Å². The zero-order valence-corrected chi connectivity index (χ0v) is 8.04. The minimum absolute atomic E-state index is 0. The molecule has 0 fully saturated rings. The van der Waals surface area contributed by atoms with Crippen molar-refractivity contribution in [2.24, 2.45) is 0 Å². The Labute approximate surface area is 71.1 Å². The summed E-state index contributed by atoms with van der Waals surface area (Å²) in [6.45, 7) is 2.27. The third-order valence-corrected chi connectivity index (χ3v) is 3.38. The van der Waals surface area contributed by atoms with Crippen LogP contribution in [-0.2, 0) is 10.9 Å². The van der Waals surface area contributed by atoms with Gasteiger partial charge in [-0.05, 0) is 30.0 Å². The lowest BCUT2D eigenvalue weighted by Gasteiger charge is -1.90. The zero-order chi connectivity index (χ0) is 5.11. The Balaban J connectivity index is 0.000000490. The molecule has 0 aromatic heterocycles. The van der Waals surface area contributed by atoms with Crippen LogP contribution in [0.15, 0.2) is 12.2 Å². The fourth-order valence-electron chi connectivity index (χ4n) is 0.712. The van der Waals surface area contributed by atoms with Gasteiger partial charge in [-0.3, -0.25) is 0 Å². The molecular weight excluding hydrogens is 231 g/mol. The number of hydrogen-bond acceptors (Lipinski definition) is 0. The molecule has 1 aliphatic heterocycles. The first-order valence-electron chi connectivity index (χ1n) is 2.72. The van der Waals surface area contributed by atoms with Crippen molar-refractivity contribution in [2.45, 2.75) is 6.92 Å². The maximum atomic E-state index is 2.30. The first kappa shape index (κ1) is 8.82. The first-order valence-corrected chi connectivity index (χ1v) is 4.46. The van der Waals surface area contributed by atoms with E-state index < -0.39 is 0 Å². The summed E-state index contributed by atoms with van der Waals surface area (Å²) in [7, 11) is 0.755. The Hall–Kier alpha value is 0.820. The Bertz CT molecular complexity index is 72.6. The molecule has 0 N–H and O–H groups in total. The van der Waals surface area contributed by atoms with Crippen LogP contribution in [0.5, 0.6) is 0 Å². The summed E-state index contributed by atoms with van der Waals surface area (Å²) in [6.07, 6.45) is 4.60. The Kier molecular flexibility index (Phi) is 5.15. The van der Waals surface area contributed by atoms with Crippen molar-refractivity contribution in [2.75, 3.05) is 17.3 Å². The van der Waals surface area contributed by atoms with Crippen LogP contribution in [0.4, 0.5) is 0 Å². The van der Waals surface area contributed by atoms with E-state index in [1.54, 1.807) is 0 Å². The van der Waals surface area contributed by atoms with Gasteiger partial charge in [0.2, 0.25) is 0 Å². The van der Waals surface area contributed by atoms with Crippen molar-refractivity contribution < 1.29 is 24.0 Å². The van der Waals surface area contributed by atoms with Gasteiger partial charge in [-0.2, -0.15) is 0 Å². The molecule has 0 aromatic carbocycles. The van der Waals surface area contributed by atoms with Crippen LogP contribution >= 0.6 is 0 Å². The van der Waals surface area contributed by atoms with Crippen molar-refractivity contribution in [1.82, 2.24) is 0 Å². The molecule has 2 heteroatoms. The van der Waals surface area contributed by atoms with E-state index in [4.69, 9.17) is 0 Å². The van der Waals surface area contributed by atoms with E-state index in [0.717, 1.165) is 10.9 Å². The molecule has 0 aromatic rings. The minimum atomic E-state index is 0. The van der Waals surface area contributed by atoms with E-state index in [1.165, 1.54) is 17.3 Å². The molecular formula is C6H11IS. The lowest BCUT2D eigenvalue weighted by Crippen LogP contribution is -3.00. The second kappa shape index (κ2) is 4.68. The van der Waals surface area contributed by atoms with Crippen molar-refractivity contribution in [1.29, 1.82) is 0 Å². The van der Waals surface area contributed by atoms with Gasteiger partial charge in [-0.15, -0.1) is 0 Å². The third-order valence-electron chi connectivity index (χ3n) is 1.24. The predicted octanol–water partition coefficient (Wildman–Crippen LogP) is -1.80. The largest absolute Gasteiger partial charge is 1.00 e. The molecule has 0 aliphatic carbocycles. The van der Waals surface area contributed by atoms with Gasteiger partial charge in [-0.25, -0.2) is 0 Å². The minimum Gasteiger partial charge on any atom is -1.00 e. The summed E-state index contributed by atoms with van der Waals surface area (Å²) in [4.78, 5) is 0. The van der Waals surface area contributed by atoms with Crippen LogP contribution < -0.4 is 24.0 Å². The van der Waals surface area contributed by atoms with Crippen LogP contribution in [0.25, 0.3) is 0 Å². The number of halogens is 1. The predicted molar refractivity (Wildman–Crippen MR) is 36.8 cm³/mol. The van der Waals surface area contributed by atoms with Crippen LogP contribution in [0, 0.1) is 0 Å². The van der Waals surface area contributed by atoms with E-state index in [-0.39, 0.29) is 24.0 Å². The summed E-state index contributed by atoms with van der Waals surface area (Å²) in [5.74, 6) is 4.10. The molecule has 0 atom stereocenters. The lowest BCUT2D eigenvalue weighted by atomic mass is 10.6. The van der Waals surface area contributed by atoms with Crippen molar-refractivity contribution >= 4 is 10.9 Å². The normalized spacial score (nSPS) is 18.6. The summed E-state index contributed by atoms with van der Waals surface area (Å²) in [6, 6.07) is 0.